The summed E-state index contributed by atoms with van der Waals surface area (Å²) in [7, 11) is 1.35. The first-order valence-electron chi connectivity index (χ1n) is 5.02. The van der Waals surface area contributed by atoms with Crippen LogP contribution in [-0.2, 0) is 14.3 Å². The van der Waals surface area contributed by atoms with Gasteiger partial charge in [-0.25, -0.2) is 9.79 Å². The Morgan fingerprint density at radius 3 is 2.75 bits per heavy atom. The van der Waals surface area contributed by atoms with Crippen molar-refractivity contribution in [3.63, 3.8) is 0 Å². The molecule has 0 saturated carbocycles. The van der Waals surface area contributed by atoms with E-state index in [1.54, 1.807) is 6.92 Å². The van der Waals surface area contributed by atoms with Crippen LogP contribution in [-0.4, -0.2) is 31.1 Å². The largest absolute Gasteiger partial charge is 0.474 e. The molecule has 0 amide bonds. The van der Waals surface area contributed by atoms with Gasteiger partial charge in [0, 0.05) is 5.56 Å². The Morgan fingerprint density at radius 1 is 1.44 bits per heavy atom. The van der Waals surface area contributed by atoms with E-state index in [1.807, 2.05) is 30.3 Å². The predicted octanol–water partition coefficient (Wildman–Crippen LogP) is 1.40. The van der Waals surface area contributed by atoms with Gasteiger partial charge in [-0.3, -0.25) is 0 Å². The summed E-state index contributed by atoms with van der Waals surface area (Å²) in [6, 6.07) is 9.49. The maximum absolute atomic E-state index is 11.5. The van der Waals surface area contributed by atoms with E-state index in [1.165, 1.54) is 7.11 Å². The van der Waals surface area contributed by atoms with E-state index in [2.05, 4.69) is 4.99 Å². The number of ether oxygens (including phenoxy) is 2. The van der Waals surface area contributed by atoms with Gasteiger partial charge in [0.15, 0.2) is 5.54 Å². The van der Waals surface area contributed by atoms with Crippen LogP contribution in [0.2, 0.25) is 0 Å². The molecule has 0 unspecified atom stereocenters. The number of methoxy groups -OCH3 is 1. The van der Waals surface area contributed by atoms with Gasteiger partial charge in [0.2, 0.25) is 5.90 Å². The zero-order valence-electron chi connectivity index (χ0n) is 9.27. The molecule has 0 bridgehead atoms. The molecule has 1 aromatic carbocycles. The van der Waals surface area contributed by atoms with Gasteiger partial charge in [-0.1, -0.05) is 18.2 Å². The molecule has 4 nitrogen and oxygen atoms in total. The molecule has 2 rings (SSSR count). The van der Waals surface area contributed by atoms with Crippen LogP contribution < -0.4 is 0 Å². The second-order valence-electron chi connectivity index (χ2n) is 3.84. The van der Waals surface area contributed by atoms with E-state index in [9.17, 15) is 4.79 Å². The molecular weight excluding hydrogens is 206 g/mol. The highest BCUT2D eigenvalue weighted by molar-refractivity contribution is 5.98. The minimum Gasteiger partial charge on any atom is -0.474 e. The van der Waals surface area contributed by atoms with Gasteiger partial charge >= 0.3 is 5.97 Å². The highest BCUT2D eigenvalue weighted by Gasteiger charge is 2.40. The Labute approximate surface area is 93.9 Å². The van der Waals surface area contributed by atoms with Crippen LogP contribution in [0.4, 0.5) is 0 Å². The summed E-state index contributed by atoms with van der Waals surface area (Å²) < 4.78 is 10.1. The third-order valence-corrected chi connectivity index (χ3v) is 2.48. The van der Waals surface area contributed by atoms with Crippen molar-refractivity contribution in [3.8, 4) is 0 Å². The Bertz CT molecular complexity index is 427. The first kappa shape index (κ1) is 10.7. The number of rotatable bonds is 2. The Hall–Kier alpha value is -1.84. The van der Waals surface area contributed by atoms with Crippen molar-refractivity contribution >= 4 is 11.9 Å². The van der Waals surface area contributed by atoms with E-state index < -0.39 is 5.54 Å². The normalized spacial score (nSPS) is 23.5. The molecule has 1 aliphatic heterocycles. The molecule has 0 spiro atoms. The van der Waals surface area contributed by atoms with Gasteiger partial charge in [0.05, 0.1) is 7.11 Å². The van der Waals surface area contributed by atoms with Crippen molar-refractivity contribution in [2.75, 3.05) is 13.7 Å². The minimum absolute atomic E-state index is 0.226. The zero-order chi connectivity index (χ0) is 11.6. The van der Waals surface area contributed by atoms with E-state index in [4.69, 9.17) is 9.47 Å². The first-order valence-corrected chi connectivity index (χ1v) is 5.02. The number of hydrogen-bond donors (Lipinski definition) is 0. The monoisotopic (exact) mass is 219 g/mol. The van der Waals surface area contributed by atoms with E-state index in [-0.39, 0.29) is 12.6 Å². The van der Waals surface area contributed by atoms with Crippen LogP contribution in [0.1, 0.15) is 12.5 Å². The smallest absolute Gasteiger partial charge is 0.337 e. The molecule has 0 N–H and O–H groups in total. The van der Waals surface area contributed by atoms with Gasteiger partial charge < -0.3 is 9.47 Å². The molecule has 0 fully saturated rings. The number of hydrogen-bond acceptors (Lipinski definition) is 4. The van der Waals surface area contributed by atoms with E-state index >= 15 is 0 Å². The number of carbonyl (C=O) groups excluding carboxylic acids is 1. The predicted molar refractivity (Wildman–Crippen MR) is 59.4 cm³/mol. The number of carbonyl (C=O) groups is 1. The van der Waals surface area contributed by atoms with Crippen LogP contribution >= 0.6 is 0 Å². The Kier molecular flexibility index (Phi) is 2.64. The lowest BCUT2D eigenvalue weighted by Crippen LogP contribution is -2.35. The molecular formula is C12H13NO3. The third kappa shape index (κ3) is 1.78. The van der Waals surface area contributed by atoms with Crippen LogP contribution in [0.3, 0.4) is 0 Å². The fourth-order valence-electron chi connectivity index (χ4n) is 1.55. The molecule has 0 aliphatic carbocycles. The van der Waals surface area contributed by atoms with Crippen molar-refractivity contribution in [3.05, 3.63) is 35.9 Å². The summed E-state index contributed by atoms with van der Waals surface area (Å²) in [6.45, 7) is 1.93. The average Bonchev–Trinajstić information content (AvgIpc) is 2.73. The van der Waals surface area contributed by atoms with Crippen LogP contribution in [0.25, 0.3) is 0 Å². The lowest BCUT2D eigenvalue weighted by atomic mass is 10.1. The fraction of sp³-hybridized carbons (Fsp3) is 0.333. The summed E-state index contributed by atoms with van der Waals surface area (Å²) in [5.41, 5.74) is -0.0463. The first-order chi connectivity index (χ1) is 7.65. The van der Waals surface area contributed by atoms with Crippen LogP contribution in [0, 0.1) is 0 Å². The van der Waals surface area contributed by atoms with Gasteiger partial charge in [0.1, 0.15) is 6.61 Å². The van der Waals surface area contributed by atoms with Crippen molar-refractivity contribution in [2.45, 2.75) is 12.5 Å². The van der Waals surface area contributed by atoms with E-state index in [0.29, 0.717) is 5.90 Å². The molecule has 1 aromatic rings. The Balaban J connectivity index is 2.28. The fourth-order valence-corrected chi connectivity index (χ4v) is 1.55. The summed E-state index contributed by atoms with van der Waals surface area (Å²) in [5, 5.41) is 0. The van der Waals surface area contributed by atoms with Gasteiger partial charge in [-0.05, 0) is 19.1 Å². The minimum atomic E-state index is -0.917. The highest BCUT2D eigenvalue weighted by Crippen LogP contribution is 2.22. The highest BCUT2D eigenvalue weighted by atomic mass is 16.5. The molecule has 1 aliphatic rings. The maximum atomic E-state index is 11.5. The van der Waals surface area contributed by atoms with Crippen LogP contribution in [0.5, 0.6) is 0 Å². The number of aliphatic imine (C=N–C) groups is 1. The molecule has 1 atom stereocenters. The van der Waals surface area contributed by atoms with Gasteiger partial charge in [0.25, 0.3) is 0 Å². The second-order valence-corrected chi connectivity index (χ2v) is 3.84. The van der Waals surface area contributed by atoms with Gasteiger partial charge in [-0.2, -0.15) is 0 Å². The molecule has 84 valence electrons. The Morgan fingerprint density at radius 2 is 2.12 bits per heavy atom. The molecule has 0 aromatic heterocycles. The average molecular weight is 219 g/mol. The van der Waals surface area contributed by atoms with E-state index in [0.717, 1.165) is 5.56 Å². The standard InChI is InChI=1S/C12H13NO3/c1-12(11(14)15-2)8-16-10(13-12)9-6-4-3-5-7-9/h3-7H,8H2,1-2H3/t12-/m1/s1. The summed E-state index contributed by atoms with van der Waals surface area (Å²) in [4.78, 5) is 15.8. The molecule has 16 heavy (non-hydrogen) atoms. The summed E-state index contributed by atoms with van der Waals surface area (Å²) in [6.07, 6.45) is 0. The molecule has 0 saturated heterocycles. The zero-order valence-corrected chi connectivity index (χ0v) is 9.27. The topological polar surface area (TPSA) is 47.9 Å². The lowest BCUT2D eigenvalue weighted by molar-refractivity contribution is -0.146. The number of benzene rings is 1. The maximum Gasteiger partial charge on any atom is 0.337 e. The molecule has 1 heterocycles. The SMILES string of the molecule is COC(=O)[C@@]1(C)COC(c2ccccc2)=N1. The van der Waals surface area contributed by atoms with Crippen molar-refractivity contribution in [1.82, 2.24) is 0 Å². The summed E-state index contributed by atoms with van der Waals surface area (Å²) >= 11 is 0. The van der Waals surface area contributed by atoms with Crippen LogP contribution in [0.15, 0.2) is 35.3 Å². The number of esters is 1. The summed E-state index contributed by atoms with van der Waals surface area (Å²) in [5.74, 6) is 0.118. The van der Waals surface area contributed by atoms with Gasteiger partial charge in [-0.15, -0.1) is 0 Å². The van der Waals surface area contributed by atoms with Crippen molar-refractivity contribution in [1.29, 1.82) is 0 Å². The quantitative estimate of drug-likeness (QED) is 0.706. The molecule has 0 radical (unpaired) electrons. The molecule has 4 heteroatoms. The third-order valence-electron chi connectivity index (χ3n) is 2.48. The second kappa shape index (κ2) is 3.96. The lowest BCUT2D eigenvalue weighted by Gasteiger charge is -2.13. The number of nitrogens with zero attached hydrogens (tertiary/aromatic N) is 1. The van der Waals surface area contributed by atoms with Crippen molar-refractivity contribution in [2.24, 2.45) is 4.99 Å². The van der Waals surface area contributed by atoms with Crippen molar-refractivity contribution < 1.29 is 14.3 Å².